The van der Waals surface area contributed by atoms with Crippen LogP contribution in [-0.2, 0) is 9.47 Å². The van der Waals surface area contributed by atoms with Crippen LogP contribution >= 0.6 is 7.92 Å². The summed E-state index contributed by atoms with van der Waals surface area (Å²) in [4.78, 5) is 0. The molecule has 2 nitrogen and oxygen atoms in total. The normalized spacial score (nSPS) is 22.6. The fraction of sp³-hybridized carbons (Fsp3) is 0.677. The number of hydrogen-bond acceptors (Lipinski definition) is 2. The minimum absolute atomic E-state index is 0.0512. The Labute approximate surface area is 212 Å². The van der Waals surface area contributed by atoms with Gasteiger partial charge in [0.25, 0.3) is 0 Å². The molecule has 2 unspecified atom stereocenters. The molecular formula is C31H51O2P. The zero-order chi connectivity index (χ0) is 26.2. The Balaban J connectivity index is 3.32. The molecule has 0 bridgehead atoms. The van der Waals surface area contributed by atoms with E-state index in [9.17, 15) is 0 Å². The maximum Gasteiger partial charge on any atom is 0.124 e. The molecule has 0 spiro atoms. The molecule has 0 saturated heterocycles. The van der Waals surface area contributed by atoms with Crippen molar-refractivity contribution in [1.82, 2.24) is 0 Å². The van der Waals surface area contributed by atoms with E-state index in [1.54, 1.807) is 0 Å². The van der Waals surface area contributed by atoms with Crippen molar-refractivity contribution in [2.24, 2.45) is 17.8 Å². The van der Waals surface area contributed by atoms with Gasteiger partial charge in [0.05, 0.1) is 13.2 Å². The number of benzene rings is 1. The lowest BCUT2D eigenvalue weighted by molar-refractivity contribution is 0.0787. The number of hydrogen-bond donors (Lipinski definition) is 0. The van der Waals surface area contributed by atoms with E-state index in [0.29, 0.717) is 17.8 Å². The summed E-state index contributed by atoms with van der Waals surface area (Å²) in [5.41, 5.74) is 5.44. The zero-order valence-corrected chi connectivity index (χ0v) is 25.4. The highest BCUT2D eigenvalue weighted by molar-refractivity contribution is 7.63. The Morgan fingerprint density at radius 1 is 0.794 bits per heavy atom. The van der Waals surface area contributed by atoms with Crippen LogP contribution in [-0.4, -0.2) is 35.8 Å². The Hall–Kier alpha value is -1.11. The van der Waals surface area contributed by atoms with E-state index in [1.165, 1.54) is 22.3 Å². The second-order valence-electron chi connectivity index (χ2n) is 12.7. The lowest BCUT2D eigenvalue weighted by atomic mass is 9.67. The number of allylic oxidation sites excluding steroid dienone is 1. The second kappa shape index (κ2) is 10.5. The third-order valence-corrected chi connectivity index (χ3v) is 11.6. The molecule has 1 aromatic rings. The summed E-state index contributed by atoms with van der Waals surface area (Å²) < 4.78 is 13.0. The molecule has 2 atom stereocenters. The standard InChI is InChI=1S/C31H51O2P/c1-20(2)24-26(23-18-16-15-17-19-23)31(22(5)6,34(29(7,8)9)30(10,11)12)28(33-14)25(21(3)4)27(24)32-13/h15-22,28H,1-14H3. The molecule has 1 aliphatic carbocycles. The SMILES string of the molecule is COC1=C(C(C)C)C(OC)C(C(C)C)(P(C(C)(C)C)C(C)(C)C)C(c2ccccc2)=C1C(C)C. The van der Waals surface area contributed by atoms with Gasteiger partial charge in [-0.15, -0.1) is 0 Å². The van der Waals surface area contributed by atoms with Crippen LogP contribution in [0.25, 0.3) is 5.57 Å². The van der Waals surface area contributed by atoms with Crippen LogP contribution in [0, 0.1) is 17.8 Å². The van der Waals surface area contributed by atoms with Gasteiger partial charge in [-0.25, -0.2) is 0 Å². The van der Waals surface area contributed by atoms with Gasteiger partial charge in [0.2, 0.25) is 0 Å². The minimum atomic E-state index is -0.592. The van der Waals surface area contributed by atoms with Crippen LogP contribution in [0.4, 0.5) is 0 Å². The summed E-state index contributed by atoms with van der Waals surface area (Å²) in [5, 5.41) is 0.0516. The Morgan fingerprint density at radius 2 is 1.29 bits per heavy atom. The van der Waals surface area contributed by atoms with Crippen molar-refractivity contribution >= 4 is 13.5 Å². The minimum Gasteiger partial charge on any atom is -0.496 e. The van der Waals surface area contributed by atoms with Crippen LogP contribution in [0.15, 0.2) is 47.2 Å². The van der Waals surface area contributed by atoms with Crippen LogP contribution < -0.4 is 0 Å². The molecule has 0 fully saturated rings. The van der Waals surface area contributed by atoms with Crippen LogP contribution in [0.2, 0.25) is 0 Å². The first-order valence-electron chi connectivity index (χ1n) is 13.0. The molecule has 0 aliphatic heterocycles. The molecule has 192 valence electrons. The highest BCUT2D eigenvalue weighted by Crippen LogP contribution is 2.76. The second-order valence-corrected chi connectivity index (χ2v) is 16.8. The molecule has 0 heterocycles. The van der Waals surface area contributed by atoms with Crippen molar-refractivity contribution in [3.63, 3.8) is 0 Å². The van der Waals surface area contributed by atoms with E-state index < -0.39 is 7.92 Å². The van der Waals surface area contributed by atoms with Crippen molar-refractivity contribution < 1.29 is 9.47 Å². The van der Waals surface area contributed by atoms with Gasteiger partial charge >= 0.3 is 0 Å². The van der Waals surface area contributed by atoms with E-state index in [0.717, 1.165) is 5.76 Å². The summed E-state index contributed by atoms with van der Waals surface area (Å²) in [6, 6.07) is 11.1. The Morgan fingerprint density at radius 3 is 1.62 bits per heavy atom. The van der Waals surface area contributed by atoms with Crippen molar-refractivity contribution in [2.45, 2.75) is 105 Å². The van der Waals surface area contributed by atoms with Crippen molar-refractivity contribution in [3.05, 3.63) is 52.8 Å². The Kier molecular flexibility index (Phi) is 8.97. The Bertz CT molecular complexity index is 880. The lowest BCUT2D eigenvalue weighted by Gasteiger charge is -2.62. The fourth-order valence-electron chi connectivity index (χ4n) is 6.81. The molecule has 0 N–H and O–H groups in total. The zero-order valence-electron chi connectivity index (χ0n) is 24.5. The first-order valence-corrected chi connectivity index (χ1v) is 14.3. The number of ether oxygens (including phenoxy) is 2. The molecule has 1 aliphatic rings. The van der Waals surface area contributed by atoms with Crippen LogP contribution in [0.3, 0.4) is 0 Å². The van der Waals surface area contributed by atoms with Gasteiger partial charge in [-0.05, 0) is 39.2 Å². The third-order valence-electron chi connectivity index (χ3n) is 7.15. The van der Waals surface area contributed by atoms with Gasteiger partial charge in [0.15, 0.2) is 0 Å². The van der Waals surface area contributed by atoms with Gasteiger partial charge in [-0.3, -0.25) is 0 Å². The van der Waals surface area contributed by atoms with E-state index >= 15 is 0 Å². The summed E-state index contributed by atoms with van der Waals surface area (Å²) in [7, 11) is 3.17. The molecule has 0 amide bonds. The smallest absolute Gasteiger partial charge is 0.124 e. The molecule has 2 rings (SSSR count). The summed E-state index contributed by atoms with van der Waals surface area (Å²) in [5.74, 6) is 2.07. The van der Waals surface area contributed by atoms with Crippen LogP contribution in [0.1, 0.15) is 88.6 Å². The first-order chi connectivity index (χ1) is 15.6. The van der Waals surface area contributed by atoms with E-state index in [1.807, 2.05) is 14.2 Å². The molecule has 34 heavy (non-hydrogen) atoms. The fourth-order valence-corrected chi connectivity index (χ4v) is 12.5. The van der Waals surface area contributed by atoms with Crippen molar-refractivity contribution in [2.75, 3.05) is 14.2 Å². The van der Waals surface area contributed by atoms with E-state index in [4.69, 9.17) is 9.47 Å². The van der Waals surface area contributed by atoms with E-state index in [-0.39, 0.29) is 21.6 Å². The maximum absolute atomic E-state index is 6.67. The number of rotatable bonds is 7. The summed E-state index contributed by atoms with van der Waals surface area (Å²) in [6.45, 7) is 28.8. The van der Waals surface area contributed by atoms with Gasteiger partial charge in [0, 0.05) is 23.4 Å². The average Bonchev–Trinajstić information content (AvgIpc) is 2.70. The molecule has 0 aromatic heterocycles. The largest absolute Gasteiger partial charge is 0.496 e. The summed E-state index contributed by atoms with van der Waals surface area (Å²) in [6.07, 6.45) is -0.0512. The highest BCUT2D eigenvalue weighted by atomic mass is 31.1. The molecule has 3 heteroatoms. The average molecular weight is 487 g/mol. The third kappa shape index (κ3) is 4.92. The quantitative estimate of drug-likeness (QED) is 0.358. The maximum atomic E-state index is 6.67. The van der Waals surface area contributed by atoms with Gasteiger partial charge in [0.1, 0.15) is 5.76 Å². The van der Waals surface area contributed by atoms with Gasteiger partial charge in [-0.1, -0.05) is 121 Å². The topological polar surface area (TPSA) is 18.5 Å². The van der Waals surface area contributed by atoms with E-state index in [2.05, 4.69) is 113 Å². The predicted molar refractivity (Wildman–Crippen MR) is 152 cm³/mol. The van der Waals surface area contributed by atoms with Gasteiger partial charge < -0.3 is 9.47 Å². The monoisotopic (exact) mass is 486 g/mol. The predicted octanol–water partition coefficient (Wildman–Crippen LogP) is 9.16. The molecule has 0 radical (unpaired) electrons. The van der Waals surface area contributed by atoms with Crippen LogP contribution in [0.5, 0.6) is 0 Å². The molecular weight excluding hydrogens is 435 g/mol. The van der Waals surface area contributed by atoms with Gasteiger partial charge in [-0.2, -0.15) is 0 Å². The number of methoxy groups -OCH3 is 2. The van der Waals surface area contributed by atoms with Crippen molar-refractivity contribution in [1.29, 1.82) is 0 Å². The summed E-state index contributed by atoms with van der Waals surface area (Å²) >= 11 is 0. The first kappa shape index (κ1) is 29.1. The van der Waals surface area contributed by atoms with Crippen molar-refractivity contribution in [3.8, 4) is 0 Å². The molecule has 0 saturated carbocycles. The molecule has 1 aromatic carbocycles. The lowest BCUT2D eigenvalue weighted by Crippen LogP contribution is -2.57. The highest BCUT2D eigenvalue weighted by Gasteiger charge is 2.62.